The molecule has 0 bridgehead atoms. The molecule has 0 unspecified atom stereocenters. The smallest absolute Gasteiger partial charge is 0.263 e. The summed E-state index contributed by atoms with van der Waals surface area (Å²) in [4.78, 5) is 14.8. The van der Waals surface area contributed by atoms with Crippen LogP contribution in [-0.4, -0.2) is 55.8 Å². The molecular formula is C14H22N2O4S2. The van der Waals surface area contributed by atoms with Crippen LogP contribution in [0.4, 0.5) is 0 Å². The second-order valence-corrected chi connectivity index (χ2v) is 8.51. The van der Waals surface area contributed by atoms with Crippen molar-refractivity contribution in [3.63, 3.8) is 0 Å². The third-order valence-electron chi connectivity index (χ3n) is 3.59. The maximum atomic E-state index is 12.3. The highest BCUT2D eigenvalue weighted by molar-refractivity contribution is 7.89. The van der Waals surface area contributed by atoms with Gasteiger partial charge in [-0.2, -0.15) is 0 Å². The molecule has 0 aromatic carbocycles. The standard InChI is InChI=1S/C14H22N2O4S2/c1-11(17)8-15-22(19,20)10-12-4-2-6-16(9-12)14(18)13-5-3-7-21-13/h3,5,7,11-12,15,17H,2,4,6,8-10H2,1H3/t11-,12+/m0/s1. The lowest BCUT2D eigenvalue weighted by Crippen LogP contribution is -2.43. The summed E-state index contributed by atoms with van der Waals surface area (Å²) in [6.45, 7) is 2.69. The molecule has 2 N–H and O–H groups in total. The molecule has 2 atom stereocenters. The number of nitrogens with one attached hydrogen (secondary N) is 1. The van der Waals surface area contributed by atoms with Gasteiger partial charge in [-0.3, -0.25) is 4.79 Å². The Balaban J connectivity index is 1.92. The van der Waals surface area contributed by atoms with Gasteiger partial charge in [-0.05, 0) is 37.1 Å². The van der Waals surface area contributed by atoms with Crippen molar-refractivity contribution < 1.29 is 18.3 Å². The number of nitrogens with zero attached hydrogens (tertiary/aromatic N) is 1. The molecule has 0 saturated carbocycles. The fraction of sp³-hybridized carbons (Fsp3) is 0.643. The van der Waals surface area contributed by atoms with Gasteiger partial charge in [0.15, 0.2) is 0 Å². The Bertz CT molecular complexity index is 584. The van der Waals surface area contributed by atoms with E-state index in [9.17, 15) is 13.2 Å². The van der Waals surface area contributed by atoms with E-state index in [1.165, 1.54) is 18.3 Å². The van der Waals surface area contributed by atoms with Crippen molar-refractivity contribution in [3.05, 3.63) is 22.4 Å². The van der Waals surface area contributed by atoms with Gasteiger partial charge in [0.2, 0.25) is 10.0 Å². The molecule has 1 saturated heterocycles. The normalized spacial score (nSPS) is 20.8. The predicted molar refractivity (Wildman–Crippen MR) is 86.4 cm³/mol. The van der Waals surface area contributed by atoms with Crippen LogP contribution in [-0.2, 0) is 10.0 Å². The van der Waals surface area contributed by atoms with E-state index in [-0.39, 0.29) is 24.1 Å². The van der Waals surface area contributed by atoms with Crippen LogP contribution in [0.1, 0.15) is 29.4 Å². The minimum atomic E-state index is -3.42. The minimum absolute atomic E-state index is 0.00601. The number of hydrogen-bond donors (Lipinski definition) is 2. The van der Waals surface area contributed by atoms with E-state index in [1.54, 1.807) is 11.0 Å². The highest BCUT2D eigenvalue weighted by Crippen LogP contribution is 2.21. The molecule has 8 heteroatoms. The van der Waals surface area contributed by atoms with E-state index in [4.69, 9.17) is 5.11 Å². The number of sulfonamides is 1. The van der Waals surface area contributed by atoms with Gasteiger partial charge in [-0.1, -0.05) is 6.07 Å². The van der Waals surface area contributed by atoms with Gasteiger partial charge in [0.25, 0.3) is 5.91 Å². The first-order valence-electron chi connectivity index (χ1n) is 7.35. The van der Waals surface area contributed by atoms with Crippen molar-refractivity contribution in [1.29, 1.82) is 0 Å². The molecule has 2 rings (SSSR count). The molecule has 0 aliphatic carbocycles. The summed E-state index contributed by atoms with van der Waals surface area (Å²) in [6.07, 6.45) is 0.898. The summed E-state index contributed by atoms with van der Waals surface area (Å²) in [6, 6.07) is 3.63. The molecule has 22 heavy (non-hydrogen) atoms. The second kappa shape index (κ2) is 7.54. The van der Waals surface area contributed by atoms with E-state index < -0.39 is 16.1 Å². The quantitative estimate of drug-likeness (QED) is 0.801. The summed E-state index contributed by atoms with van der Waals surface area (Å²) in [5.74, 6) is -0.0910. The van der Waals surface area contributed by atoms with Gasteiger partial charge >= 0.3 is 0 Å². The van der Waals surface area contributed by atoms with Gasteiger partial charge in [0, 0.05) is 19.6 Å². The Kier molecular flexibility index (Phi) is 5.96. The molecule has 1 aliphatic rings. The summed E-state index contributed by atoms with van der Waals surface area (Å²) in [5.41, 5.74) is 0. The van der Waals surface area contributed by atoms with Crippen LogP contribution in [0.2, 0.25) is 0 Å². The molecule has 1 fully saturated rings. The van der Waals surface area contributed by atoms with Crippen molar-refractivity contribution in [3.8, 4) is 0 Å². The van der Waals surface area contributed by atoms with E-state index in [0.29, 0.717) is 18.0 Å². The first kappa shape index (κ1) is 17.4. The molecular weight excluding hydrogens is 324 g/mol. The van der Waals surface area contributed by atoms with E-state index in [0.717, 1.165) is 12.8 Å². The Morgan fingerprint density at radius 2 is 2.36 bits per heavy atom. The fourth-order valence-electron chi connectivity index (χ4n) is 2.56. The molecule has 124 valence electrons. The molecule has 1 amide bonds. The van der Waals surface area contributed by atoms with Gasteiger partial charge in [-0.15, -0.1) is 11.3 Å². The van der Waals surface area contributed by atoms with Gasteiger partial charge < -0.3 is 10.0 Å². The highest BCUT2D eigenvalue weighted by Gasteiger charge is 2.28. The zero-order valence-electron chi connectivity index (χ0n) is 12.6. The van der Waals surface area contributed by atoms with Crippen LogP contribution < -0.4 is 4.72 Å². The number of aliphatic hydroxyl groups excluding tert-OH is 1. The fourth-order valence-corrected chi connectivity index (χ4v) is 4.75. The van der Waals surface area contributed by atoms with Gasteiger partial charge in [0.05, 0.1) is 16.7 Å². The Hall–Kier alpha value is -0.960. The van der Waals surface area contributed by atoms with Gasteiger partial charge in [0.1, 0.15) is 0 Å². The maximum absolute atomic E-state index is 12.3. The first-order chi connectivity index (χ1) is 10.4. The summed E-state index contributed by atoms with van der Waals surface area (Å²) < 4.78 is 26.4. The molecule has 1 aromatic rings. The van der Waals surface area contributed by atoms with Crippen LogP contribution in [0, 0.1) is 5.92 Å². The highest BCUT2D eigenvalue weighted by atomic mass is 32.2. The zero-order chi connectivity index (χ0) is 16.2. The lowest BCUT2D eigenvalue weighted by Gasteiger charge is -2.32. The van der Waals surface area contributed by atoms with E-state index >= 15 is 0 Å². The lowest BCUT2D eigenvalue weighted by atomic mass is 10.00. The number of hydrogen-bond acceptors (Lipinski definition) is 5. The zero-order valence-corrected chi connectivity index (χ0v) is 14.2. The first-order valence-corrected chi connectivity index (χ1v) is 9.89. The number of thiophene rings is 1. The molecule has 6 nitrogen and oxygen atoms in total. The van der Waals surface area contributed by atoms with Crippen LogP contribution in [0.5, 0.6) is 0 Å². The summed E-state index contributed by atoms with van der Waals surface area (Å²) >= 11 is 1.40. The van der Waals surface area contributed by atoms with Crippen LogP contribution in [0.3, 0.4) is 0 Å². The lowest BCUT2D eigenvalue weighted by molar-refractivity contribution is 0.0689. The van der Waals surface area contributed by atoms with Crippen molar-refractivity contribution in [2.24, 2.45) is 5.92 Å². The molecule has 1 aromatic heterocycles. The largest absolute Gasteiger partial charge is 0.392 e. The number of aliphatic hydroxyl groups is 1. The van der Waals surface area contributed by atoms with Crippen LogP contribution >= 0.6 is 11.3 Å². The van der Waals surface area contributed by atoms with Crippen LogP contribution in [0.15, 0.2) is 17.5 Å². The number of carbonyl (C=O) groups is 1. The van der Waals surface area contributed by atoms with E-state index in [2.05, 4.69) is 4.72 Å². The van der Waals surface area contributed by atoms with Crippen molar-refractivity contribution >= 4 is 27.3 Å². The monoisotopic (exact) mass is 346 g/mol. The molecule has 1 aliphatic heterocycles. The van der Waals surface area contributed by atoms with E-state index in [1.807, 2.05) is 11.4 Å². The summed E-state index contributed by atoms with van der Waals surface area (Å²) in [7, 11) is -3.42. The molecule has 2 heterocycles. The van der Waals surface area contributed by atoms with Crippen molar-refractivity contribution in [2.75, 3.05) is 25.4 Å². The molecule has 0 spiro atoms. The van der Waals surface area contributed by atoms with Gasteiger partial charge in [-0.25, -0.2) is 13.1 Å². The topological polar surface area (TPSA) is 86.7 Å². The number of carbonyl (C=O) groups excluding carboxylic acids is 1. The van der Waals surface area contributed by atoms with Crippen molar-refractivity contribution in [2.45, 2.75) is 25.9 Å². The second-order valence-electron chi connectivity index (χ2n) is 5.72. The maximum Gasteiger partial charge on any atom is 0.263 e. The number of piperidine rings is 1. The number of rotatable bonds is 6. The average Bonchev–Trinajstić information content (AvgIpc) is 2.98. The minimum Gasteiger partial charge on any atom is -0.392 e. The third kappa shape index (κ3) is 5.05. The van der Waals surface area contributed by atoms with Crippen molar-refractivity contribution in [1.82, 2.24) is 9.62 Å². The number of likely N-dealkylation sites (tertiary alicyclic amines) is 1. The predicted octanol–water partition coefficient (Wildman–Crippen LogP) is 0.901. The third-order valence-corrected chi connectivity index (χ3v) is 5.97. The Morgan fingerprint density at radius 3 is 3.00 bits per heavy atom. The summed E-state index contributed by atoms with van der Waals surface area (Å²) in [5, 5.41) is 11.0. The average molecular weight is 346 g/mol. The Labute approximate surface area is 135 Å². The number of amides is 1. The van der Waals surface area contributed by atoms with Crippen LogP contribution in [0.25, 0.3) is 0 Å². The SMILES string of the molecule is C[C@H](O)CNS(=O)(=O)C[C@@H]1CCCN(C(=O)c2cccs2)C1. The molecule has 0 radical (unpaired) electrons. The Morgan fingerprint density at radius 1 is 1.59 bits per heavy atom.